The SMILES string of the molecule is CCCCCCCCCCCCCCCCCC[C@H](C)[C@H](CCCCCCCCCCCCCCCC[C@H](C)C1C[C@H]1CCCCCCCCCCCCCCCCCC[C@@H](O[Si](C)(C)C(C)(C)C)C(CCCCCCCCCCCCCCCCCCCCCCCCO)C(=O)OC)OC. The minimum atomic E-state index is -2.04. The minimum absolute atomic E-state index is 0.0219. The van der Waals surface area contributed by atoms with Gasteiger partial charge in [0.05, 0.1) is 25.2 Å². The van der Waals surface area contributed by atoms with E-state index in [9.17, 15) is 4.79 Å². The second-order valence-electron chi connectivity index (χ2n) is 36.1. The Bertz CT molecular complexity index is 1640. The molecule has 6 heteroatoms. The van der Waals surface area contributed by atoms with Gasteiger partial charge in [-0.15, -0.1) is 0 Å². The molecule has 5 nitrogen and oxygen atoms in total. The Morgan fingerprint density at radius 1 is 0.356 bits per heavy atom. The predicted molar refractivity (Wildman–Crippen MR) is 453 cm³/mol. The summed E-state index contributed by atoms with van der Waals surface area (Å²) in [5, 5.41) is 9.02. The zero-order valence-electron chi connectivity index (χ0n) is 71.4. The number of hydrogen-bond acceptors (Lipinski definition) is 5. The van der Waals surface area contributed by atoms with Crippen molar-refractivity contribution < 1.29 is 23.8 Å². The number of aliphatic hydroxyl groups is 1. The van der Waals surface area contributed by atoms with Crippen molar-refractivity contribution in [1.29, 1.82) is 0 Å². The Kier molecular flexibility index (Phi) is 71.9. The summed E-state index contributed by atoms with van der Waals surface area (Å²) in [5.74, 6) is 3.62. The van der Waals surface area contributed by atoms with E-state index in [2.05, 4.69) is 54.6 Å². The lowest BCUT2D eigenvalue weighted by atomic mass is 9.91. The van der Waals surface area contributed by atoms with Crippen molar-refractivity contribution in [3.63, 3.8) is 0 Å². The van der Waals surface area contributed by atoms with Crippen molar-refractivity contribution >= 4 is 14.3 Å². The third-order valence-electron chi connectivity index (χ3n) is 25.5. The molecule has 0 saturated heterocycles. The van der Waals surface area contributed by atoms with Crippen molar-refractivity contribution in [1.82, 2.24) is 0 Å². The molecule has 604 valence electrons. The Morgan fingerprint density at radius 2 is 0.614 bits per heavy atom. The highest BCUT2D eigenvalue weighted by Gasteiger charge is 2.42. The maximum atomic E-state index is 13.4. The zero-order valence-corrected chi connectivity index (χ0v) is 72.4. The molecule has 0 spiro atoms. The summed E-state index contributed by atoms with van der Waals surface area (Å²) in [7, 11) is 1.51. The smallest absolute Gasteiger partial charge is 0.311 e. The Balaban J connectivity index is 1.96. The average Bonchev–Trinajstić information content (AvgIpc) is 1.38. The standard InChI is InChI=1S/C95H190O5Si/c1-11-12-13-14-15-16-17-18-19-30-38-45-52-59-66-73-80-88(3)92(98-7)83-76-69-62-55-48-41-35-34-37-44-51-58-65-72-79-87(2)91-86-89(91)81-74-67-60-53-46-39-31-27-28-33-42-49-56-63-70-77-84-93(100-101(9,10)95(4,5)6)90(94(97)99-8)82-75-68-61-54-47-40-32-26-24-22-20-21-23-25-29-36-43-50-57-64-71-78-85-96/h87-93,96H,11-86H2,1-10H3/t87-,88-,89+,90?,91?,92-,93+/m0/s1. The fourth-order valence-corrected chi connectivity index (χ4v) is 18.4. The van der Waals surface area contributed by atoms with Gasteiger partial charge in [-0.25, -0.2) is 0 Å². The van der Waals surface area contributed by atoms with E-state index >= 15 is 0 Å². The van der Waals surface area contributed by atoms with Crippen LogP contribution in [0, 0.1) is 29.6 Å². The molecule has 0 heterocycles. The summed E-state index contributed by atoms with van der Waals surface area (Å²) in [6.07, 6.45) is 105. The molecule has 1 rings (SSSR count). The molecule has 0 aliphatic heterocycles. The molecular formula is C95H190O5Si. The van der Waals surface area contributed by atoms with Gasteiger partial charge in [-0.3, -0.25) is 4.79 Å². The van der Waals surface area contributed by atoms with Gasteiger partial charge in [-0.1, -0.05) is 485 Å². The van der Waals surface area contributed by atoms with Gasteiger partial charge in [-0.05, 0) is 80.3 Å². The lowest BCUT2D eigenvalue weighted by Crippen LogP contribution is -2.47. The number of methoxy groups -OCH3 is 2. The van der Waals surface area contributed by atoms with Gasteiger partial charge in [0.25, 0.3) is 0 Å². The molecule has 0 radical (unpaired) electrons. The van der Waals surface area contributed by atoms with Crippen LogP contribution in [-0.4, -0.2) is 52.4 Å². The molecule has 1 saturated carbocycles. The first-order chi connectivity index (χ1) is 49.3. The first-order valence-electron chi connectivity index (χ1n) is 47.2. The highest BCUT2D eigenvalue weighted by Crippen LogP contribution is 2.49. The van der Waals surface area contributed by atoms with Gasteiger partial charge in [0.1, 0.15) is 0 Å². The fraction of sp³-hybridized carbons (Fsp3) is 0.989. The topological polar surface area (TPSA) is 65.0 Å². The van der Waals surface area contributed by atoms with Gasteiger partial charge >= 0.3 is 5.97 Å². The number of carbonyl (C=O) groups excluding carboxylic acids is 1. The normalized spacial score (nSPS) is 15.8. The molecule has 1 N–H and O–H groups in total. The second-order valence-corrected chi connectivity index (χ2v) is 40.8. The molecule has 1 aliphatic rings. The monoisotopic (exact) mass is 1440 g/mol. The van der Waals surface area contributed by atoms with E-state index < -0.39 is 8.32 Å². The van der Waals surface area contributed by atoms with Crippen LogP contribution in [0.1, 0.15) is 523 Å². The number of aliphatic hydroxyl groups excluding tert-OH is 1. The van der Waals surface area contributed by atoms with E-state index in [4.69, 9.17) is 19.0 Å². The Labute approximate surface area is 638 Å². The van der Waals surface area contributed by atoms with Gasteiger partial charge in [0, 0.05) is 13.7 Å². The maximum absolute atomic E-state index is 13.4. The molecular weight excluding hydrogens is 1250 g/mol. The van der Waals surface area contributed by atoms with Crippen molar-refractivity contribution in [2.75, 3.05) is 20.8 Å². The molecule has 7 atom stereocenters. The fourth-order valence-electron chi connectivity index (χ4n) is 17.0. The van der Waals surface area contributed by atoms with Crippen LogP contribution in [0.2, 0.25) is 18.1 Å². The number of hydrogen-bond donors (Lipinski definition) is 1. The molecule has 101 heavy (non-hydrogen) atoms. The summed E-state index contributed by atoms with van der Waals surface area (Å²) in [4.78, 5) is 13.4. The van der Waals surface area contributed by atoms with Crippen LogP contribution in [0.4, 0.5) is 0 Å². The van der Waals surface area contributed by atoms with Crippen LogP contribution in [0.3, 0.4) is 0 Å². The number of ether oxygens (including phenoxy) is 2. The molecule has 0 amide bonds. The zero-order chi connectivity index (χ0) is 73.5. The Hall–Kier alpha value is -0.433. The number of unbranched alkanes of at least 4 members (excludes halogenated alkanes) is 64. The quantitative estimate of drug-likeness (QED) is 0.0373. The van der Waals surface area contributed by atoms with Gasteiger partial charge in [0.2, 0.25) is 0 Å². The number of esters is 1. The maximum Gasteiger partial charge on any atom is 0.311 e. The van der Waals surface area contributed by atoms with Gasteiger partial charge in [0.15, 0.2) is 8.32 Å². The van der Waals surface area contributed by atoms with Gasteiger partial charge in [-0.2, -0.15) is 0 Å². The van der Waals surface area contributed by atoms with Crippen LogP contribution < -0.4 is 0 Å². The van der Waals surface area contributed by atoms with Crippen molar-refractivity contribution in [3.05, 3.63) is 0 Å². The summed E-state index contributed by atoms with van der Waals surface area (Å²) in [6, 6.07) is 0. The molecule has 2 unspecified atom stereocenters. The highest BCUT2D eigenvalue weighted by atomic mass is 28.4. The Morgan fingerprint density at radius 3 is 0.901 bits per heavy atom. The summed E-state index contributed by atoms with van der Waals surface area (Å²) in [5.41, 5.74) is 0. The largest absolute Gasteiger partial charge is 0.469 e. The lowest BCUT2D eigenvalue weighted by Gasteiger charge is -2.41. The third-order valence-corrected chi connectivity index (χ3v) is 30.0. The van der Waals surface area contributed by atoms with E-state index in [0.29, 0.717) is 18.6 Å². The summed E-state index contributed by atoms with van der Waals surface area (Å²) < 4.78 is 18.6. The molecule has 1 fully saturated rings. The van der Waals surface area contributed by atoms with Crippen LogP contribution in [0.15, 0.2) is 0 Å². The molecule has 0 aromatic rings. The van der Waals surface area contributed by atoms with E-state index in [1.54, 1.807) is 13.5 Å². The molecule has 0 aromatic carbocycles. The van der Waals surface area contributed by atoms with E-state index in [1.807, 2.05) is 7.11 Å². The van der Waals surface area contributed by atoms with E-state index in [0.717, 1.165) is 49.9 Å². The minimum Gasteiger partial charge on any atom is -0.469 e. The number of rotatable bonds is 84. The van der Waals surface area contributed by atoms with E-state index in [-0.39, 0.29) is 23.0 Å². The molecule has 0 bridgehead atoms. The van der Waals surface area contributed by atoms with Crippen LogP contribution in [0.25, 0.3) is 0 Å². The molecule has 1 aliphatic carbocycles. The first-order valence-corrected chi connectivity index (χ1v) is 50.1. The van der Waals surface area contributed by atoms with Crippen LogP contribution in [0.5, 0.6) is 0 Å². The van der Waals surface area contributed by atoms with Crippen LogP contribution >= 0.6 is 0 Å². The van der Waals surface area contributed by atoms with Crippen molar-refractivity contribution in [2.45, 2.75) is 553 Å². The first kappa shape index (κ1) is 98.6. The average molecular weight is 1440 g/mol. The summed E-state index contributed by atoms with van der Waals surface area (Å²) in [6.45, 7) is 19.4. The molecule has 0 aromatic heterocycles. The van der Waals surface area contributed by atoms with Crippen molar-refractivity contribution in [3.8, 4) is 0 Å². The lowest BCUT2D eigenvalue weighted by molar-refractivity contribution is -0.149. The third kappa shape index (κ3) is 63.1. The van der Waals surface area contributed by atoms with Crippen molar-refractivity contribution in [2.24, 2.45) is 29.6 Å². The second kappa shape index (κ2) is 73.7. The highest BCUT2D eigenvalue weighted by molar-refractivity contribution is 6.74. The summed E-state index contributed by atoms with van der Waals surface area (Å²) >= 11 is 0. The van der Waals surface area contributed by atoms with Crippen LogP contribution in [-0.2, 0) is 18.7 Å². The van der Waals surface area contributed by atoms with Gasteiger partial charge < -0.3 is 19.0 Å². The predicted octanol–water partition coefficient (Wildman–Crippen LogP) is 33.0. The number of carbonyl (C=O) groups is 1. The van der Waals surface area contributed by atoms with E-state index in [1.165, 1.54) is 443 Å².